The highest BCUT2D eigenvalue weighted by Gasteiger charge is 2.42. The van der Waals surface area contributed by atoms with E-state index in [1.165, 1.54) is 0 Å². The van der Waals surface area contributed by atoms with Crippen molar-refractivity contribution in [1.82, 2.24) is 5.32 Å². The van der Waals surface area contributed by atoms with Gasteiger partial charge in [0.25, 0.3) is 0 Å². The maximum absolute atomic E-state index is 13.3. The summed E-state index contributed by atoms with van der Waals surface area (Å²) in [5.41, 5.74) is 4.43. The Labute approximate surface area is 305 Å². The first-order chi connectivity index (χ1) is 24.0. The lowest BCUT2D eigenvalue weighted by atomic mass is 9.89. The molecule has 272 valence electrons. The van der Waals surface area contributed by atoms with Crippen molar-refractivity contribution in [2.24, 2.45) is 5.92 Å². The first-order valence-electron chi connectivity index (χ1n) is 17.8. The van der Waals surface area contributed by atoms with Gasteiger partial charge in [-0.2, -0.15) is 0 Å². The number of amides is 1. The predicted molar refractivity (Wildman–Crippen MR) is 207 cm³/mol. The van der Waals surface area contributed by atoms with E-state index in [0.29, 0.717) is 19.4 Å². The molecule has 0 saturated carbocycles. The number of hydrogen-bond donors (Lipinski definition) is 2. The van der Waals surface area contributed by atoms with Crippen LogP contribution >= 0.6 is 0 Å². The molecule has 4 aromatic carbocycles. The van der Waals surface area contributed by atoms with Crippen LogP contribution in [-0.4, -0.2) is 43.2 Å². The van der Waals surface area contributed by atoms with Crippen LogP contribution in [0.2, 0.25) is 18.1 Å². The maximum atomic E-state index is 13.3. The summed E-state index contributed by atoms with van der Waals surface area (Å²) in [4.78, 5) is 26.3. The Bertz CT molecular complexity index is 1680. The van der Waals surface area contributed by atoms with Gasteiger partial charge in [0.15, 0.2) is 8.32 Å². The molecule has 0 heterocycles. The largest absolute Gasteiger partial charge is 0.489 e. The number of benzene rings is 4. The number of aliphatic carboxylic acids is 1. The molecule has 0 spiro atoms. The van der Waals surface area contributed by atoms with Crippen LogP contribution in [0.4, 0.5) is 4.79 Å². The van der Waals surface area contributed by atoms with Crippen molar-refractivity contribution in [2.75, 3.05) is 0 Å². The highest BCUT2D eigenvalue weighted by atomic mass is 28.4. The van der Waals surface area contributed by atoms with Gasteiger partial charge in [-0.3, -0.25) is 4.79 Å². The van der Waals surface area contributed by atoms with Crippen molar-refractivity contribution >= 4 is 20.4 Å². The first kappa shape index (κ1) is 39.4. The fourth-order valence-corrected chi connectivity index (χ4v) is 6.97. The molecule has 51 heavy (non-hydrogen) atoms. The summed E-state index contributed by atoms with van der Waals surface area (Å²) in [5, 5.41) is 13.5. The number of ether oxygens (including phenoxy) is 2. The van der Waals surface area contributed by atoms with Gasteiger partial charge in [-0.05, 0) is 98.1 Å². The summed E-state index contributed by atoms with van der Waals surface area (Å²) < 4.78 is 18.8. The first-order valence-corrected chi connectivity index (χ1v) is 20.7. The third-order valence-corrected chi connectivity index (χ3v) is 13.9. The van der Waals surface area contributed by atoms with Gasteiger partial charge in [-0.1, -0.05) is 118 Å². The van der Waals surface area contributed by atoms with Crippen LogP contribution in [0.1, 0.15) is 64.7 Å². The van der Waals surface area contributed by atoms with Crippen molar-refractivity contribution in [3.05, 3.63) is 126 Å². The topological polar surface area (TPSA) is 94.1 Å². The van der Waals surface area contributed by atoms with Crippen molar-refractivity contribution in [3.8, 4) is 16.9 Å². The number of carboxylic acid groups (broad SMARTS) is 1. The lowest BCUT2D eigenvalue weighted by molar-refractivity contribution is -0.142. The Morgan fingerprint density at radius 3 is 1.78 bits per heavy atom. The molecule has 2 N–H and O–H groups in total. The van der Waals surface area contributed by atoms with Crippen LogP contribution in [0.3, 0.4) is 0 Å². The molecular weight excluding hydrogens is 655 g/mol. The fourth-order valence-electron chi connectivity index (χ4n) is 5.60. The van der Waals surface area contributed by atoms with Gasteiger partial charge in [0.1, 0.15) is 18.0 Å². The minimum absolute atomic E-state index is 0.147. The molecule has 0 fully saturated rings. The molecule has 0 aromatic heterocycles. The van der Waals surface area contributed by atoms with Gasteiger partial charge in [0, 0.05) is 0 Å². The number of carbonyl (C=O) groups is 2. The SMILES string of the molecule is CC(C)(C)OC(=O)NC(Cc1ccc(OCc2ccccc2)cc1)C(CC(Cc1ccc(-c2ccccc2)cc1)C(=O)O)O[Si](C)(C)C(C)(C)C. The summed E-state index contributed by atoms with van der Waals surface area (Å²) in [6.07, 6.45) is -0.218. The van der Waals surface area contributed by atoms with Crippen molar-refractivity contribution in [3.63, 3.8) is 0 Å². The smallest absolute Gasteiger partial charge is 0.407 e. The third kappa shape index (κ3) is 12.4. The van der Waals surface area contributed by atoms with E-state index < -0.39 is 44.0 Å². The zero-order valence-corrected chi connectivity index (χ0v) is 32.4. The van der Waals surface area contributed by atoms with E-state index in [4.69, 9.17) is 13.9 Å². The minimum Gasteiger partial charge on any atom is -0.489 e. The predicted octanol–water partition coefficient (Wildman–Crippen LogP) is 10.1. The number of hydrogen-bond acceptors (Lipinski definition) is 5. The van der Waals surface area contributed by atoms with Gasteiger partial charge < -0.3 is 24.3 Å². The zero-order valence-electron chi connectivity index (χ0n) is 31.4. The van der Waals surface area contributed by atoms with Gasteiger partial charge in [-0.25, -0.2) is 4.79 Å². The zero-order chi connectivity index (χ0) is 37.2. The molecule has 0 radical (unpaired) electrons. The second kappa shape index (κ2) is 17.2. The van der Waals surface area contributed by atoms with Gasteiger partial charge in [0.05, 0.1) is 18.1 Å². The van der Waals surface area contributed by atoms with Crippen LogP contribution in [0, 0.1) is 5.92 Å². The summed E-state index contributed by atoms with van der Waals surface area (Å²) in [7, 11) is -2.44. The molecule has 7 nitrogen and oxygen atoms in total. The van der Waals surface area contributed by atoms with E-state index in [9.17, 15) is 14.7 Å². The van der Waals surface area contributed by atoms with Crippen molar-refractivity contribution in [1.29, 1.82) is 0 Å². The molecule has 3 atom stereocenters. The molecule has 0 saturated heterocycles. The number of carbonyl (C=O) groups excluding carboxylic acids is 1. The summed E-state index contributed by atoms with van der Waals surface area (Å²) in [6, 6.07) is 35.4. The molecule has 0 aliphatic rings. The van der Waals surface area contributed by atoms with Crippen LogP contribution in [-0.2, 0) is 33.4 Å². The lowest BCUT2D eigenvalue weighted by Crippen LogP contribution is -2.54. The number of rotatable bonds is 15. The second-order valence-corrected chi connectivity index (χ2v) is 20.6. The Morgan fingerprint density at radius 2 is 1.24 bits per heavy atom. The van der Waals surface area contributed by atoms with E-state index in [-0.39, 0.29) is 11.5 Å². The minimum atomic E-state index is -2.44. The summed E-state index contributed by atoms with van der Waals surface area (Å²) in [5.74, 6) is -0.918. The van der Waals surface area contributed by atoms with Crippen LogP contribution < -0.4 is 10.1 Å². The molecule has 4 aromatic rings. The van der Waals surface area contributed by atoms with Gasteiger partial charge in [-0.15, -0.1) is 0 Å². The molecule has 1 amide bonds. The third-order valence-electron chi connectivity index (χ3n) is 9.44. The average molecular weight is 710 g/mol. The van der Waals surface area contributed by atoms with Gasteiger partial charge >= 0.3 is 12.1 Å². The van der Waals surface area contributed by atoms with Crippen molar-refractivity contribution < 1.29 is 28.6 Å². The quantitative estimate of drug-likeness (QED) is 0.119. The monoisotopic (exact) mass is 709 g/mol. The molecule has 8 heteroatoms. The summed E-state index contributed by atoms with van der Waals surface area (Å²) in [6.45, 7) is 16.7. The Balaban J connectivity index is 1.62. The molecule has 0 aliphatic heterocycles. The van der Waals surface area contributed by atoms with Crippen LogP contribution in [0.5, 0.6) is 5.75 Å². The second-order valence-electron chi connectivity index (χ2n) is 15.8. The highest BCUT2D eigenvalue weighted by Crippen LogP contribution is 2.39. The van der Waals surface area contributed by atoms with E-state index in [1.807, 2.05) is 118 Å². The number of nitrogens with one attached hydrogen (secondary N) is 1. The van der Waals surface area contributed by atoms with E-state index in [0.717, 1.165) is 33.6 Å². The van der Waals surface area contributed by atoms with E-state index in [1.54, 1.807) is 0 Å². The fraction of sp³-hybridized carbons (Fsp3) is 0.395. The van der Waals surface area contributed by atoms with Gasteiger partial charge in [0.2, 0.25) is 0 Å². The highest BCUT2D eigenvalue weighted by molar-refractivity contribution is 6.74. The average Bonchev–Trinajstić information content (AvgIpc) is 3.06. The maximum Gasteiger partial charge on any atom is 0.407 e. The molecule has 0 bridgehead atoms. The Hall–Kier alpha value is -4.40. The number of alkyl carbamates (subject to hydrolysis) is 1. The molecule has 3 unspecified atom stereocenters. The Morgan fingerprint density at radius 1 is 0.706 bits per heavy atom. The van der Waals surface area contributed by atoms with Crippen LogP contribution in [0.15, 0.2) is 109 Å². The standard InChI is InChI=1S/C43H55NO6Si/c1-42(2,3)49-41(47)44-38(28-32-21-25-37(26-22-32)48-30-33-15-11-9-12-16-33)39(50-51(7,8)43(4,5)6)29-36(40(45)46)27-31-19-23-35(24-20-31)34-17-13-10-14-18-34/h9-26,36,38-39H,27-30H2,1-8H3,(H,44,47)(H,45,46). The van der Waals surface area contributed by atoms with Crippen LogP contribution in [0.25, 0.3) is 11.1 Å². The Kier molecular flexibility index (Phi) is 13.3. The van der Waals surface area contributed by atoms with E-state index in [2.05, 4.69) is 51.3 Å². The normalized spacial score (nSPS) is 13.9. The molecule has 0 aliphatic carbocycles. The molecular formula is C43H55NO6Si. The number of carboxylic acids is 1. The van der Waals surface area contributed by atoms with Crippen molar-refractivity contribution in [2.45, 2.75) is 103 Å². The lowest BCUT2D eigenvalue weighted by Gasteiger charge is -2.42. The molecule has 4 rings (SSSR count). The van der Waals surface area contributed by atoms with E-state index >= 15 is 0 Å². The summed E-state index contributed by atoms with van der Waals surface area (Å²) >= 11 is 0.